The Morgan fingerprint density at radius 1 is 1.04 bits per heavy atom. The molecular formula is C31H43N8O7P. The number of phosphoric ester groups is 1. The molecule has 1 saturated carbocycles. The number of amides is 1. The summed E-state index contributed by atoms with van der Waals surface area (Å²) in [4.78, 5) is 26.4. The fraction of sp³-hybridized carbons (Fsp3) is 0.548. The SMILES string of the molecule is CCO[C@H]1CC[C@H](n2cc(NC(=O)c3coc(-c4cnn(COP(=O)(OC(C)(C)C)OC(C)(C)C)c4)n3)c(-c3ncccn3)n2)CC1. The van der Waals surface area contributed by atoms with Gasteiger partial charge in [-0.2, -0.15) is 10.2 Å². The molecule has 1 amide bonds. The minimum Gasteiger partial charge on any atom is -0.444 e. The second kappa shape index (κ2) is 14.2. The van der Waals surface area contributed by atoms with E-state index in [2.05, 4.69) is 25.4 Å². The standard InChI is InChI=1S/C31H43N8O7P/c1-8-42-23-12-10-22(11-13-23)39-18-24(26(37-39)27-32-14-9-15-33-27)35-28(40)25-19-43-29(36-25)21-16-34-38(17-21)20-44-47(41,45-30(2,3)4)46-31(5,6)7/h9,14-19,22-23H,8,10-13,20H2,1-7H3,(H,35,40)/t22-,23-. The molecule has 1 fully saturated rings. The molecule has 4 heterocycles. The minimum atomic E-state index is -3.95. The van der Waals surface area contributed by atoms with E-state index in [0.29, 0.717) is 29.4 Å². The Morgan fingerprint density at radius 2 is 1.72 bits per heavy atom. The summed E-state index contributed by atoms with van der Waals surface area (Å²) in [5, 5.41) is 11.9. The quantitative estimate of drug-likeness (QED) is 0.159. The number of hydrogen-bond acceptors (Lipinski definition) is 12. The summed E-state index contributed by atoms with van der Waals surface area (Å²) < 4.78 is 45.0. The van der Waals surface area contributed by atoms with E-state index < -0.39 is 24.9 Å². The van der Waals surface area contributed by atoms with E-state index in [1.807, 2.05) is 17.8 Å². The van der Waals surface area contributed by atoms with Crippen molar-refractivity contribution in [1.29, 1.82) is 0 Å². The van der Waals surface area contributed by atoms with E-state index in [9.17, 15) is 9.36 Å². The molecule has 1 aliphatic carbocycles. The zero-order valence-electron chi connectivity index (χ0n) is 27.9. The summed E-state index contributed by atoms with van der Waals surface area (Å²) in [6.45, 7) is 13.0. The maximum Gasteiger partial charge on any atom is 0.477 e. The smallest absolute Gasteiger partial charge is 0.444 e. The summed E-state index contributed by atoms with van der Waals surface area (Å²) in [7, 11) is -3.95. The van der Waals surface area contributed by atoms with Gasteiger partial charge in [0.15, 0.2) is 23.9 Å². The first-order valence-corrected chi connectivity index (χ1v) is 17.1. The number of hydrogen-bond donors (Lipinski definition) is 1. The molecule has 5 rings (SSSR count). The molecule has 16 heteroatoms. The van der Waals surface area contributed by atoms with E-state index in [4.69, 9.17) is 27.8 Å². The highest BCUT2D eigenvalue weighted by Gasteiger charge is 2.37. The Morgan fingerprint density at radius 3 is 2.36 bits per heavy atom. The lowest BCUT2D eigenvalue weighted by molar-refractivity contribution is -0.00759. The summed E-state index contributed by atoms with van der Waals surface area (Å²) in [5.41, 5.74) is -0.106. The lowest BCUT2D eigenvalue weighted by Crippen LogP contribution is -2.25. The van der Waals surface area contributed by atoms with Crippen LogP contribution in [0.4, 0.5) is 5.69 Å². The average molecular weight is 671 g/mol. The normalized spacial score (nSPS) is 17.6. The molecule has 0 aliphatic heterocycles. The monoisotopic (exact) mass is 670 g/mol. The number of aromatic nitrogens is 7. The topological polar surface area (TPSA) is 171 Å². The van der Waals surface area contributed by atoms with Gasteiger partial charge in [-0.3, -0.25) is 23.0 Å². The third kappa shape index (κ3) is 9.42. The number of nitrogens with one attached hydrogen (secondary N) is 1. The average Bonchev–Trinajstić information content (AvgIpc) is 3.75. The number of anilines is 1. The highest BCUT2D eigenvalue weighted by Crippen LogP contribution is 2.55. The molecule has 0 bridgehead atoms. The number of carbonyl (C=O) groups excluding carboxylic acids is 1. The van der Waals surface area contributed by atoms with Crippen LogP contribution in [0.25, 0.3) is 23.0 Å². The number of phosphoric acid groups is 1. The van der Waals surface area contributed by atoms with Crippen molar-refractivity contribution in [3.05, 3.63) is 49.0 Å². The first-order chi connectivity index (χ1) is 22.2. The molecular weight excluding hydrogens is 627 g/mol. The molecule has 4 aromatic heterocycles. The van der Waals surface area contributed by atoms with Gasteiger partial charge >= 0.3 is 7.82 Å². The Bertz CT molecular complexity index is 1660. The number of nitrogens with zero attached hydrogens (tertiary/aromatic N) is 7. The summed E-state index contributed by atoms with van der Waals surface area (Å²) in [6, 6.07) is 1.88. The second-order valence-corrected chi connectivity index (χ2v) is 14.7. The fourth-order valence-electron chi connectivity index (χ4n) is 5.08. The molecule has 0 spiro atoms. The largest absolute Gasteiger partial charge is 0.477 e. The van der Waals surface area contributed by atoms with Crippen LogP contribution in [0, 0.1) is 0 Å². The van der Waals surface area contributed by atoms with Crippen molar-refractivity contribution < 1.29 is 32.1 Å². The first-order valence-electron chi connectivity index (χ1n) is 15.6. The van der Waals surface area contributed by atoms with E-state index in [1.54, 1.807) is 66.2 Å². The van der Waals surface area contributed by atoms with Crippen molar-refractivity contribution in [3.63, 3.8) is 0 Å². The molecule has 0 saturated heterocycles. The van der Waals surface area contributed by atoms with Crippen LogP contribution in [0.2, 0.25) is 0 Å². The van der Waals surface area contributed by atoms with Crippen molar-refractivity contribution >= 4 is 19.4 Å². The van der Waals surface area contributed by atoms with E-state index >= 15 is 0 Å². The minimum absolute atomic E-state index is 0.0514. The molecule has 1 aliphatic rings. The molecule has 4 aromatic rings. The Labute approximate surface area is 274 Å². The summed E-state index contributed by atoms with van der Waals surface area (Å²) in [6.07, 6.45) is 13.4. The van der Waals surface area contributed by atoms with Gasteiger partial charge in [0.2, 0.25) is 5.89 Å². The zero-order valence-corrected chi connectivity index (χ0v) is 28.8. The van der Waals surface area contributed by atoms with Crippen molar-refractivity contribution in [1.82, 2.24) is 34.5 Å². The Balaban J connectivity index is 1.28. The highest BCUT2D eigenvalue weighted by molar-refractivity contribution is 7.48. The van der Waals surface area contributed by atoms with Crippen molar-refractivity contribution in [2.24, 2.45) is 0 Å². The van der Waals surface area contributed by atoms with Crippen LogP contribution in [0.5, 0.6) is 0 Å². The zero-order chi connectivity index (χ0) is 33.8. The van der Waals surface area contributed by atoms with Gasteiger partial charge in [-0.25, -0.2) is 24.2 Å². The molecule has 0 radical (unpaired) electrons. The molecule has 15 nitrogen and oxygen atoms in total. The fourth-order valence-corrected chi connectivity index (χ4v) is 6.83. The van der Waals surface area contributed by atoms with Crippen molar-refractivity contribution in [2.45, 2.75) is 104 Å². The van der Waals surface area contributed by atoms with Crippen LogP contribution in [-0.4, -0.2) is 64.3 Å². The molecule has 254 valence electrons. The van der Waals surface area contributed by atoms with Crippen LogP contribution < -0.4 is 5.32 Å². The molecule has 0 unspecified atom stereocenters. The maximum atomic E-state index is 13.4. The Kier molecular flexibility index (Phi) is 10.4. The third-order valence-corrected chi connectivity index (χ3v) is 8.89. The summed E-state index contributed by atoms with van der Waals surface area (Å²) in [5.74, 6) is 0.0623. The molecule has 0 atom stereocenters. The van der Waals surface area contributed by atoms with Gasteiger partial charge in [-0.1, -0.05) is 0 Å². The molecule has 1 N–H and O–H groups in total. The number of oxazole rings is 1. The first kappa shape index (κ1) is 34.6. The lowest BCUT2D eigenvalue weighted by Gasteiger charge is -2.30. The van der Waals surface area contributed by atoms with Crippen LogP contribution in [-0.2, 0) is 29.6 Å². The van der Waals surface area contributed by atoms with Crippen molar-refractivity contribution in [3.8, 4) is 23.0 Å². The predicted molar refractivity (Wildman–Crippen MR) is 172 cm³/mol. The van der Waals surface area contributed by atoms with Crippen molar-refractivity contribution in [2.75, 3.05) is 11.9 Å². The van der Waals surface area contributed by atoms with E-state index in [1.165, 1.54) is 17.1 Å². The van der Waals surface area contributed by atoms with Gasteiger partial charge in [-0.05, 0) is 80.2 Å². The Hall–Kier alpha value is -3.75. The number of ether oxygens (including phenoxy) is 1. The molecule has 0 aromatic carbocycles. The van der Waals surface area contributed by atoms with Gasteiger partial charge in [-0.15, -0.1) is 0 Å². The number of carbonyl (C=O) groups is 1. The van der Waals surface area contributed by atoms with Crippen LogP contribution >= 0.6 is 7.82 Å². The second-order valence-electron chi connectivity index (χ2n) is 13.2. The van der Waals surface area contributed by atoms with Gasteiger partial charge in [0, 0.05) is 31.4 Å². The van der Waals surface area contributed by atoms with E-state index in [0.717, 1.165) is 25.7 Å². The maximum absolute atomic E-state index is 13.4. The van der Waals surface area contributed by atoms with E-state index in [-0.39, 0.29) is 30.5 Å². The van der Waals surface area contributed by atoms with Gasteiger partial charge in [0.05, 0.1) is 40.8 Å². The lowest BCUT2D eigenvalue weighted by atomic mass is 9.93. The van der Waals surface area contributed by atoms with Gasteiger partial charge in [0.1, 0.15) is 6.26 Å². The highest BCUT2D eigenvalue weighted by atomic mass is 31.2. The van der Waals surface area contributed by atoms with Crippen LogP contribution in [0.3, 0.4) is 0 Å². The molecule has 47 heavy (non-hydrogen) atoms. The van der Waals surface area contributed by atoms with Gasteiger partial charge in [0.25, 0.3) is 5.91 Å². The number of rotatable bonds is 12. The summed E-state index contributed by atoms with van der Waals surface area (Å²) >= 11 is 0. The third-order valence-electron chi connectivity index (χ3n) is 6.91. The van der Waals surface area contributed by atoms with Gasteiger partial charge < -0.3 is 14.5 Å². The van der Waals surface area contributed by atoms with Crippen LogP contribution in [0.15, 0.2) is 47.7 Å². The van der Waals surface area contributed by atoms with Crippen LogP contribution in [0.1, 0.15) is 90.7 Å². The predicted octanol–water partition coefficient (Wildman–Crippen LogP) is 6.68.